The van der Waals surface area contributed by atoms with Crippen molar-refractivity contribution in [3.05, 3.63) is 91.9 Å². The van der Waals surface area contributed by atoms with E-state index in [1.165, 1.54) is 13.2 Å². The van der Waals surface area contributed by atoms with Crippen LogP contribution in [0.4, 0.5) is 20.3 Å². The summed E-state index contributed by atoms with van der Waals surface area (Å²) in [7, 11) is 3.09. The van der Waals surface area contributed by atoms with Crippen molar-refractivity contribution in [3.8, 4) is 28.3 Å². The van der Waals surface area contributed by atoms with Gasteiger partial charge in [0.2, 0.25) is 5.88 Å². The number of hydrogen-bond donors (Lipinski definition) is 1. The first kappa shape index (κ1) is 34.4. The number of aryl methyl sites for hydroxylation is 2. The van der Waals surface area contributed by atoms with Crippen molar-refractivity contribution in [3.63, 3.8) is 0 Å². The van der Waals surface area contributed by atoms with Gasteiger partial charge < -0.3 is 14.8 Å². The minimum absolute atomic E-state index is 0.0127. The van der Waals surface area contributed by atoms with Crippen LogP contribution in [0.25, 0.3) is 33.2 Å². The van der Waals surface area contributed by atoms with Crippen molar-refractivity contribution in [2.75, 3.05) is 32.1 Å². The Labute approximate surface area is 307 Å². The maximum Gasteiger partial charge on any atom is 0.309 e. The van der Waals surface area contributed by atoms with Crippen molar-refractivity contribution in [1.29, 1.82) is 0 Å². The van der Waals surface area contributed by atoms with E-state index in [4.69, 9.17) is 37.7 Å². The Kier molecular flexibility index (Phi) is 8.87. The Morgan fingerprint density at radius 3 is 2.46 bits per heavy atom. The van der Waals surface area contributed by atoms with Crippen LogP contribution in [0.2, 0.25) is 10.0 Å². The van der Waals surface area contributed by atoms with Crippen molar-refractivity contribution >= 4 is 51.4 Å². The van der Waals surface area contributed by atoms with Gasteiger partial charge in [-0.15, -0.1) is 0 Å². The quantitative estimate of drug-likeness (QED) is 0.151. The van der Waals surface area contributed by atoms with Gasteiger partial charge in [-0.3, -0.25) is 14.5 Å². The molecule has 2 aliphatic carbocycles. The lowest BCUT2D eigenvalue weighted by Crippen LogP contribution is -2.30. The monoisotopic (exact) mass is 746 g/mol. The van der Waals surface area contributed by atoms with E-state index in [2.05, 4.69) is 26.4 Å². The lowest BCUT2D eigenvalue weighted by atomic mass is 9.99. The van der Waals surface area contributed by atoms with E-state index < -0.39 is 17.7 Å². The van der Waals surface area contributed by atoms with Crippen LogP contribution in [-0.4, -0.2) is 57.4 Å². The topological polar surface area (TPSA) is 111 Å². The van der Waals surface area contributed by atoms with E-state index in [1.807, 2.05) is 25.1 Å². The Morgan fingerprint density at radius 1 is 1.04 bits per heavy atom. The van der Waals surface area contributed by atoms with Crippen LogP contribution < -0.4 is 15.6 Å². The van der Waals surface area contributed by atoms with Gasteiger partial charge in [0, 0.05) is 53.8 Å². The molecule has 1 N–H and O–H groups in total. The van der Waals surface area contributed by atoms with E-state index in [1.54, 1.807) is 25.3 Å². The number of fused-ring (bicyclic) bond motifs is 3. The third-order valence-electron chi connectivity index (χ3n) is 10.5. The van der Waals surface area contributed by atoms with Crippen LogP contribution in [0, 0.1) is 17.8 Å². The number of esters is 1. The molecule has 3 aliphatic rings. The van der Waals surface area contributed by atoms with Gasteiger partial charge in [-0.1, -0.05) is 53.5 Å². The molecule has 1 saturated carbocycles. The molecule has 14 heteroatoms. The number of nitrogens with one attached hydrogen (secondary N) is 1. The second-order valence-corrected chi connectivity index (χ2v) is 14.2. The molecule has 8 rings (SSSR count). The summed E-state index contributed by atoms with van der Waals surface area (Å²) >= 11 is 14.1. The summed E-state index contributed by atoms with van der Waals surface area (Å²) in [6, 6.07) is 14.2. The fourth-order valence-electron chi connectivity index (χ4n) is 8.02. The lowest BCUT2D eigenvalue weighted by Gasteiger charge is -2.28. The summed E-state index contributed by atoms with van der Waals surface area (Å²) in [4.78, 5) is 36.9. The molecular formula is C38H34Cl2F2N6O4. The van der Waals surface area contributed by atoms with Crippen LogP contribution in [0.5, 0.6) is 5.88 Å². The molecule has 0 bridgehead atoms. The number of hydrogen-bond acceptors (Lipinski definition) is 9. The first-order chi connectivity index (χ1) is 25.1. The molecule has 4 heterocycles. The van der Waals surface area contributed by atoms with Crippen molar-refractivity contribution in [2.45, 2.75) is 32.2 Å². The number of alkyl halides is 2. The molecule has 4 atom stereocenters. The number of carbonyl (C=O) groups is 1. The zero-order valence-corrected chi connectivity index (χ0v) is 30.0. The van der Waals surface area contributed by atoms with Gasteiger partial charge in [0.05, 0.1) is 52.6 Å². The van der Waals surface area contributed by atoms with E-state index in [0.29, 0.717) is 57.4 Å². The highest BCUT2D eigenvalue weighted by molar-refractivity contribution is 6.39. The SMILES string of the molecule is CCOC(=O)C1[C@H]2CN([C@H]3CCc4cc(-c5cccc(-c6cccc(Nc7nc(C(F)F)cc8cnn(C)c(=O)c78)c6Cl)c5Cl)nc(OC)c43)C[C@@H]12. The average molecular weight is 748 g/mol. The highest BCUT2D eigenvalue weighted by Gasteiger charge is 2.61. The smallest absolute Gasteiger partial charge is 0.309 e. The fraction of sp³-hybridized carbons (Fsp3) is 0.342. The predicted octanol–water partition coefficient (Wildman–Crippen LogP) is 7.78. The Morgan fingerprint density at radius 2 is 1.75 bits per heavy atom. The highest BCUT2D eigenvalue weighted by Crippen LogP contribution is 2.56. The van der Waals surface area contributed by atoms with Gasteiger partial charge in [0.25, 0.3) is 12.0 Å². The Hall–Kier alpha value is -4.65. The summed E-state index contributed by atoms with van der Waals surface area (Å²) < 4.78 is 39.9. The first-order valence-corrected chi connectivity index (χ1v) is 17.8. The largest absolute Gasteiger partial charge is 0.481 e. The van der Waals surface area contributed by atoms with E-state index >= 15 is 0 Å². The number of aromatic nitrogens is 4. The van der Waals surface area contributed by atoms with Crippen LogP contribution in [0.3, 0.4) is 0 Å². The van der Waals surface area contributed by atoms with E-state index in [0.717, 1.165) is 47.8 Å². The standard InChI is InChI=1S/C38H34Cl2F2N6O4/c1-4-52-38(50)31-23-16-48(17-24(23)31)28-12-11-18-13-26(46-36(51-3)29(18)28)22-9-5-7-20(32(22)39)21-8-6-10-25(33(21)40)44-35-30-19(14-27(45-35)34(41)42)15-43-47(2)37(30)49/h5-10,13-15,23-24,28,31,34H,4,11-12,16-17H2,1-3H3,(H,44,45)/t23-,24+,28-,31?/m0/s1. The predicted molar refractivity (Wildman–Crippen MR) is 194 cm³/mol. The van der Waals surface area contributed by atoms with Crippen LogP contribution in [0.1, 0.15) is 42.6 Å². The summed E-state index contributed by atoms with van der Waals surface area (Å²) in [6.07, 6.45) is 0.255. The number of rotatable bonds is 9. The molecule has 0 spiro atoms. The second kappa shape index (κ2) is 13.4. The van der Waals surface area contributed by atoms with E-state index in [-0.39, 0.29) is 39.5 Å². The number of methoxy groups -OCH3 is 1. The highest BCUT2D eigenvalue weighted by atomic mass is 35.5. The fourth-order valence-corrected chi connectivity index (χ4v) is 8.62. The molecule has 268 valence electrons. The zero-order valence-electron chi connectivity index (χ0n) is 28.5. The summed E-state index contributed by atoms with van der Waals surface area (Å²) in [6.45, 7) is 3.94. The van der Waals surface area contributed by atoms with Gasteiger partial charge in [0.15, 0.2) is 0 Å². The molecule has 1 unspecified atom stereocenters. The number of likely N-dealkylation sites (tertiary alicyclic amines) is 1. The summed E-state index contributed by atoms with van der Waals surface area (Å²) in [5.74, 6) is 1.10. The van der Waals surface area contributed by atoms with Crippen LogP contribution >= 0.6 is 23.2 Å². The van der Waals surface area contributed by atoms with Crippen LogP contribution in [0.15, 0.2) is 59.5 Å². The number of piperidine rings is 1. The normalized spacial score (nSPS) is 20.6. The molecule has 10 nitrogen and oxygen atoms in total. The number of benzene rings is 2. The third-order valence-corrected chi connectivity index (χ3v) is 11.3. The minimum Gasteiger partial charge on any atom is -0.481 e. The molecule has 0 radical (unpaired) electrons. The maximum atomic E-state index is 13.8. The molecule has 3 aromatic heterocycles. The average Bonchev–Trinajstić information content (AvgIpc) is 3.41. The zero-order chi connectivity index (χ0) is 36.4. The number of carbonyl (C=O) groups excluding carboxylic acids is 1. The molecule has 0 amide bonds. The maximum absolute atomic E-state index is 13.8. The molecule has 1 aliphatic heterocycles. The van der Waals surface area contributed by atoms with Gasteiger partial charge in [-0.2, -0.15) is 5.10 Å². The third kappa shape index (κ3) is 5.77. The summed E-state index contributed by atoms with van der Waals surface area (Å²) in [5, 5.41) is 7.99. The van der Waals surface area contributed by atoms with E-state index in [9.17, 15) is 18.4 Å². The number of nitrogens with zero attached hydrogens (tertiary/aromatic N) is 5. The van der Waals surface area contributed by atoms with Gasteiger partial charge in [-0.05, 0) is 55.4 Å². The minimum atomic E-state index is -2.87. The molecule has 1 saturated heterocycles. The lowest BCUT2D eigenvalue weighted by molar-refractivity contribution is -0.145. The van der Waals surface area contributed by atoms with Gasteiger partial charge in [-0.25, -0.2) is 23.4 Å². The number of pyridine rings is 2. The molecule has 5 aromatic rings. The molecule has 2 fully saturated rings. The number of anilines is 2. The number of ether oxygens (including phenoxy) is 2. The Balaban J connectivity index is 1.10. The summed E-state index contributed by atoms with van der Waals surface area (Å²) in [5.41, 5.74) is 4.11. The van der Waals surface area contributed by atoms with Crippen molar-refractivity contribution < 1.29 is 23.0 Å². The van der Waals surface area contributed by atoms with Crippen molar-refractivity contribution in [2.24, 2.45) is 24.8 Å². The Bertz CT molecular complexity index is 2310. The first-order valence-electron chi connectivity index (χ1n) is 17.1. The van der Waals surface area contributed by atoms with Crippen molar-refractivity contribution in [1.82, 2.24) is 24.6 Å². The molecule has 52 heavy (non-hydrogen) atoms. The molecule has 2 aromatic carbocycles. The van der Waals surface area contributed by atoms with Gasteiger partial charge >= 0.3 is 5.97 Å². The number of halogens is 4. The molecular weight excluding hydrogens is 713 g/mol. The second-order valence-electron chi connectivity index (χ2n) is 13.4. The van der Waals surface area contributed by atoms with Crippen LogP contribution in [-0.2, 0) is 23.0 Å². The van der Waals surface area contributed by atoms with Gasteiger partial charge in [0.1, 0.15) is 11.5 Å².